The number of nitro groups is 1. The molecule has 2 aliphatic heterocycles. The van der Waals surface area contributed by atoms with Crippen LogP contribution in [0.3, 0.4) is 0 Å². The van der Waals surface area contributed by atoms with Crippen LogP contribution in [0.25, 0.3) is 0 Å². The van der Waals surface area contributed by atoms with Crippen molar-refractivity contribution in [2.45, 2.75) is 25.7 Å². The Morgan fingerprint density at radius 3 is 1.83 bits per heavy atom. The Morgan fingerprint density at radius 2 is 1.43 bits per heavy atom. The van der Waals surface area contributed by atoms with Gasteiger partial charge in [0.2, 0.25) is 6.21 Å². The SMILES string of the molecule is F[P-](F)(F)(F)(F)F.O=[N+]([O-])/C(C=[N+]1CCCC1)=C\N1CCCC1. The first-order valence-corrected chi connectivity index (χ1v) is 8.99. The summed E-state index contributed by atoms with van der Waals surface area (Å²) in [7, 11) is -10.7. The van der Waals surface area contributed by atoms with Gasteiger partial charge in [0.1, 0.15) is 13.1 Å². The fraction of sp³-hybridized carbons (Fsp3) is 0.727. The van der Waals surface area contributed by atoms with Crippen molar-refractivity contribution < 1.29 is 34.7 Å². The Kier molecular flexibility index (Phi) is 5.35. The van der Waals surface area contributed by atoms with Gasteiger partial charge in [0.05, 0.1) is 11.1 Å². The molecule has 0 unspecified atom stereocenters. The van der Waals surface area contributed by atoms with Crippen molar-refractivity contribution in [1.29, 1.82) is 0 Å². The molecule has 136 valence electrons. The van der Waals surface area contributed by atoms with E-state index in [1.54, 1.807) is 12.4 Å². The van der Waals surface area contributed by atoms with Crippen molar-refractivity contribution >= 4 is 14.0 Å². The topological polar surface area (TPSA) is 49.4 Å². The van der Waals surface area contributed by atoms with Gasteiger partial charge in [-0.3, -0.25) is 10.1 Å². The molecular weight excluding hydrogens is 351 g/mol. The maximum atomic E-state index is 10.9. The summed E-state index contributed by atoms with van der Waals surface area (Å²) < 4.78 is 61.2. The van der Waals surface area contributed by atoms with Gasteiger partial charge in [0, 0.05) is 25.9 Å². The van der Waals surface area contributed by atoms with E-state index in [9.17, 15) is 35.3 Å². The number of likely N-dealkylation sites (tertiary alicyclic amines) is 1. The molecule has 2 fully saturated rings. The molecule has 0 N–H and O–H groups in total. The molecule has 0 spiro atoms. The molecule has 2 saturated heterocycles. The number of halogens is 6. The minimum Gasteiger partial charge on any atom is -0.372 e. The largest absolute Gasteiger partial charge is 0.372 e. The van der Waals surface area contributed by atoms with Crippen molar-refractivity contribution in [3.63, 3.8) is 0 Å². The maximum Gasteiger partial charge on any atom is 0.347 e. The number of allylic oxidation sites excluding steroid dienone is 1. The minimum absolute atomic E-state index is 0.226. The van der Waals surface area contributed by atoms with Crippen LogP contribution in [0.15, 0.2) is 11.9 Å². The van der Waals surface area contributed by atoms with Crippen molar-refractivity contribution in [1.82, 2.24) is 4.90 Å². The van der Waals surface area contributed by atoms with Crippen molar-refractivity contribution in [2.24, 2.45) is 0 Å². The van der Waals surface area contributed by atoms with Crippen LogP contribution >= 0.6 is 7.81 Å². The van der Waals surface area contributed by atoms with Crippen LogP contribution in [0.2, 0.25) is 0 Å². The number of hydrogen-bond acceptors (Lipinski definition) is 3. The van der Waals surface area contributed by atoms with Crippen LogP contribution in [-0.2, 0) is 0 Å². The van der Waals surface area contributed by atoms with Gasteiger partial charge in [-0.25, -0.2) is 4.58 Å². The van der Waals surface area contributed by atoms with Gasteiger partial charge in [-0.2, -0.15) is 0 Å². The summed E-state index contributed by atoms with van der Waals surface area (Å²) in [6.07, 6.45) is 7.98. The average Bonchev–Trinajstić information content (AvgIpc) is 2.96. The monoisotopic (exact) mass is 369 g/mol. The van der Waals surface area contributed by atoms with E-state index in [4.69, 9.17) is 0 Å². The molecule has 5 nitrogen and oxygen atoms in total. The Balaban J connectivity index is 0.000000322. The standard InChI is InChI=1S/C11H18N3O2.F6P/c15-14(16)11(9-12-5-1-2-6-12)10-13-7-3-4-8-13;1-7(2,3,4,5)6/h9-10H,1-8H2;/q+1;-1. The van der Waals surface area contributed by atoms with Crippen molar-refractivity contribution in [3.05, 3.63) is 22.0 Å². The molecule has 0 aromatic heterocycles. The van der Waals surface area contributed by atoms with Gasteiger partial charge in [0.15, 0.2) is 0 Å². The van der Waals surface area contributed by atoms with Crippen molar-refractivity contribution in [2.75, 3.05) is 26.2 Å². The number of nitrogens with zero attached hydrogens (tertiary/aromatic N) is 3. The summed E-state index contributed by atoms with van der Waals surface area (Å²) in [5, 5.41) is 10.9. The van der Waals surface area contributed by atoms with Gasteiger partial charge >= 0.3 is 38.7 Å². The Bertz CT molecular complexity index is 491. The second-order valence-corrected chi connectivity index (χ2v) is 7.30. The van der Waals surface area contributed by atoms with E-state index in [-0.39, 0.29) is 10.6 Å². The van der Waals surface area contributed by atoms with Gasteiger partial charge in [-0.1, -0.05) is 0 Å². The molecule has 0 aliphatic carbocycles. The summed E-state index contributed by atoms with van der Waals surface area (Å²) >= 11 is 0. The van der Waals surface area contributed by atoms with E-state index in [0.29, 0.717) is 0 Å². The number of rotatable bonds is 3. The second kappa shape index (κ2) is 6.26. The summed E-state index contributed by atoms with van der Waals surface area (Å²) in [4.78, 5) is 12.7. The first kappa shape index (κ1) is 19.7. The molecule has 0 saturated carbocycles. The van der Waals surface area contributed by atoms with Gasteiger partial charge < -0.3 is 4.90 Å². The predicted octanol–water partition coefficient (Wildman–Crippen LogP) is 4.46. The van der Waals surface area contributed by atoms with E-state index in [0.717, 1.165) is 51.9 Å². The summed E-state index contributed by atoms with van der Waals surface area (Å²) in [6.45, 7) is 3.80. The average molecular weight is 369 g/mol. The van der Waals surface area contributed by atoms with Crippen LogP contribution in [0.5, 0.6) is 0 Å². The maximum absolute atomic E-state index is 10.9. The molecule has 12 heteroatoms. The first-order valence-electron chi connectivity index (χ1n) is 6.96. The normalized spacial score (nSPS) is 22.1. The molecule has 0 aromatic rings. The predicted molar refractivity (Wildman–Crippen MR) is 74.7 cm³/mol. The van der Waals surface area contributed by atoms with E-state index < -0.39 is 7.81 Å². The van der Waals surface area contributed by atoms with Crippen LogP contribution in [0.4, 0.5) is 25.2 Å². The van der Waals surface area contributed by atoms with Crippen LogP contribution in [-0.4, -0.2) is 46.8 Å². The first-order chi connectivity index (χ1) is 10.2. The smallest absolute Gasteiger partial charge is 0.347 e. The van der Waals surface area contributed by atoms with E-state index in [1.807, 2.05) is 9.48 Å². The van der Waals surface area contributed by atoms with E-state index >= 15 is 0 Å². The molecule has 23 heavy (non-hydrogen) atoms. The third kappa shape index (κ3) is 11.8. The van der Waals surface area contributed by atoms with E-state index in [1.165, 1.54) is 0 Å². The summed E-state index contributed by atoms with van der Waals surface area (Å²) in [5.41, 5.74) is 0.226. The Hall–Kier alpha value is -1.38. The molecular formula is C11H18F6N3O2P. The minimum atomic E-state index is -10.7. The fourth-order valence-corrected chi connectivity index (χ4v) is 2.24. The van der Waals surface area contributed by atoms with Gasteiger partial charge in [0.25, 0.3) is 0 Å². The molecule has 2 rings (SSSR count). The van der Waals surface area contributed by atoms with Crippen LogP contribution < -0.4 is 0 Å². The van der Waals surface area contributed by atoms with Crippen LogP contribution in [0.1, 0.15) is 25.7 Å². The molecule has 2 aliphatic rings. The Labute approximate surface area is 128 Å². The fourth-order valence-electron chi connectivity index (χ4n) is 2.24. The Morgan fingerprint density at radius 1 is 1.00 bits per heavy atom. The third-order valence-electron chi connectivity index (χ3n) is 3.12. The molecule has 0 bridgehead atoms. The second-order valence-electron chi connectivity index (χ2n) is 5.38. The van der Waals surface area contributed by atoms with Gasteiger partial charge in [-0.05, 0) is 12.8 Å². The molecule has 0 aromatic carbocycles. The van der Waals surface area contributed by atoms with Gasteiger partial charge in [-0.15, -0.1) is 0 Å². The zero-order valence-corrected chi connectivity index (χ0v) is 13.1. The number of hydrogen-bond donors (Lipinski definition) is 0. The van der Waals surface area contributed by atoms with Crippen LogP contribution in [0, 0.1) is 10.1 Å². The quantitative estimate of drug-likeness (QED) is 0.243. The third-order valence-corrected chi connectivity index (χ3v) is 3.12. The molecule has 0 atom stereocenters. The zero-order valence-electron chi connectivity index (χ0n) is 12.2. The molecule has 0 amide bonds. The molecule has 2 heterocycles. The van der Waals surface area contributed by atoms with E-state index in [2.05, 4.69) is 0 Å². The zero-order chi connectivity index (χ0) is 17.8. The molecule has 0 radical (unpaired) electrons. The summed E-state index contributed by atoms with van der Waals surface area (Å²) in [5.74, 6) is 0. The summed E-state index contributed by atoms with van der Waals surface area (Å²) in [6, 6.07) is 0. The van der Waals surface area contributed by atoms with Crippen molar-refractivity contribution in [3.8, 4) is 0 Å².